The van der Waals surface area contributed by atoms with Crippen LogP contribution in [0.1, 0.15) is 59.8 Å². The molecule has 0 amide bonds. The zero-order valence-electron chi connectivity index (χ0n) is 13.7. The van der Waals surface area contributed by atoms with Crippen molar-refractivity contribution in [3.8, 4) is 0 Å². The van der Waals surface area contributed by atoms with Crippen molar-refractivity contribution in [2.45, 2.75) is 59.8 Å². The van der Waals surface area contributed by atoms with Gasteiger partial charge in [-0.3, -0.25) is 0 Å². The first-order valence-corrected chi connectivity index (χ1v) is 7.51. The van der Waals surface area contributed by atoms with Gasteiger partial charge in [-0.2, -0.15) is 12.7 Å². The summed E-state index contributed by atoms with van der Waals surface area (Å²) in [6.45, 7) is 16.2. The number of hydrogen-bond acceptors (Lipinski definition) is 0. The fourth-order valence-corrected chi connectivity index (χ4v) is 2.15. The molecule has 0 N–H and O–H groups in total. The van der Waals surface area contributed by atoms with Gasteiger partial charge in [0.2, 0.25) is 0 Å². The van der Waals surface area contributed by atoms with Crippen molar-refractivity contribution in [1.82, 2.24) is 0 Å². The van der Waals surface area contributed by atoms with E-state index in [0.717, 1.165) is 23.8 Å². The third-order valence-electron chi connectivity index (χ3n) is 4.15. The molecule has 0 fully saturated rings. The molecular formula is C18H30FY-. The van der Waals surface area contributed by atoms with Crippen LogP contribution in [0.15, 0.2) is 30.6 Å². The molecule has 0 saturated carbocycles. The summed E-state index contributed by atoms with van der Waals surface area (Å²) in [7, 11) is 0. The van der Waals surface area contributed by atoms with Crippen molar-refractivity contribution >= 4 is 0 Å². The number of halogens is 1. The van der Waals surface area contributed by atoms with E-state index in [1.165, 1.54) is 31.8 Å². The Balaban J connectivity index is 0. The SMILES string of the molecule is C=[C-]/C(F)=C\C(=C)C(C)CCC(C)C(C)CCCC.[Y]. The maximum atomic E-state index is 13.0. The maximum absolute atomic E-state index is 13.0. The van der Waals surface area contributed by atoms with Crippen LogP contribution in [0.25, 0.3) is 0 Å². The summed E-state index contributed by atoms with van der Waals surface area (Å²) in [6, 6.07) is 0. The second-order valence-electron chi connectivity index (χ2n) is 5.82. The molecule has 0 aliphatic heterocycles. The fraction of sp³-hybridized carbons (Fsp3) is 0.667. The summed E-state index contributed by atoms with van der Waals surface area (Å²) in [4.78, 5) is 0. The first-order chi connectivity index (χ1) is 8.92. The van der Waals surface area contributed by atoms with Gasteiger partial charge in [-0.05, 0) is 36.4 Å². The average Bonchev–Trinajstić information content (AvgIpc) is 2.40. The Morgan fingerprint density at radius 2 is 1.70 bits per heavy atom. The van der Waals surface area contributed by atoms with Gasteiger partial charge < -0.3 is 0 Å². The molecular weight excluding hydrogens is 324 g/mol. The van der Waals surface area contributed by atoms with Crippen LogP contribution in [0.5, 0.6) is 0 Å². The molecule has 0 aromatic rings. The topological polar surface area (TPSA) is 0 Å². The standard InChI is InChI=1S/C18H30F.Y/c1-7-9-10-14(3)15(4)11-12-16(5)17(6)13-18(19)8-2;/h13-16H,2,6-7,9-12H2,1,3-5H3;/q-1;/b18-13+;. The van der Waals surface area contributed by atoms with Gasteiger partial charge in [-0.25, -0.2) is 10.5 Å². The summed E-state index contributed by atoms with van der Waals surface area (Å²) in [5, 5.41) is 0. The van der Waals surface area contributed by atoms with Crippen LogP contribution < -0.4 is 0 Å². The van der Waals surface area contributed by atoms with Crippen molar-refractivity contribution in [2.24, 2.45) is 17.8 Å². The minimum absolute atomic E-state index is 0. The maximum Gasteiger partial charge on any atom is 0 e. The second-order valence-corrected chi connectivity index (χ2v) is 5.82. The van der Waals surface area contributed by atoms with Gasteiger partial charge >= 0.3 is 0 Å². The van der Waals surface area contributed by atoms with Crippen molar-refractivity contribution < 1.29 is 37.1 Å². The van der Waals surface area contributed by atoms with Gasteiger partial charge in [0.05, 0.1) is 0 Å². The molecule has 0 spiro atoms. The number of hydrogen-bond donors (Lipinski definition) is 0. The van der Waals surface area contributed by atoms with Crippen LogP contribution in [-0.2, 0) is 32.7 Å². The minimum Gasteiger partial charge on any atom is -0.250 e. The van der Waals surface area contributed by atoms with E-state index in [2.05, 4.69) is 46.9 Å². The summed E-state index contributed by atoms with van der Waals surface area (Å²) in [6.07, 6.45) is 9.83. The third kappa shape index (κ3) is 10.0. The number of unbranched alkanes of at least 4 members (excludes halogenated alkanes) is 1. The van der Waals surface area contributed by atoms with E-state index >= 15 is 0 Å². The molecule has 0 aromatic heterocycles. The largest absolute Gasteiger partial charge is 0.250 e. The van der Waals surface area contributed by atoms with Crippen LogP contribution >= 0.6 is 0 Å². The van der Waals surface area contributed by atoms with Gasteiger partial charge in [0.15, 0.2) is 0 Å². The summed E-state index contributed by atoms with van der Waals surface area (Å²) >= 11 is 0. The molecule has 0 aromatic carbocycles. The monoisotopic (exact) mass is 354 g/mol. The zero-order chi connectivity index (χ0) is 14.8. The van der Waals surface area contributed by atoms with E-state index in [-0.39, 0.29) is 32.7 Å². The van der Waals surface area contributed by atoms with Gasteiger partial charge in [0.1, 0.15) is 0 Å². The second kappa shape index (κ2) is 13.0. The van der Waals surface area contributed by atoms with E-state index < -0.39 is 5.83 Å². The molecule has 0 rings (SSSR count). The fourth-order valence-electron chi connectivity index (χ4n) is 2.15. The van der Waals surface area contributed by atoms with Gasteiger partial charge in [0.25, 0.3) is 0 Å². The van der Waals surface area contributed by atoms with Crippen LogP contribution in [0.3, 0.4) is 0 Å². The number of rotatable bonds is 10. The van der Waals surface area contributed by atoms with Crippen LogP contribution in [0, 0.1) is 23.8 Å². The molecule has 20 heavy (non-hydrogen) atoms. The Morgan fingerprint density at radius 3 is 2.20 bits per heavy atom. The van der Waals surface area contributed by atoms with Crippen LogP contribution in [-0.4, -0.2) is 0 Å². The Kier molecular flexibility index (Phi) is 14.6. The zero-order valence-corrected chi connectivity index (χ0v) is 16.6. The van der Waals surface area contributed by atoms with Crippen molar-refractivity contribution in [3.05, 3.63) is 36.7 Å². The molecule has 0 aliphatic carbocycles. The Bertz CT molecular complexity index is 307. The summed E-state index contributed by atoms with van der Waals surface area (Å²) < 4.78 is 13.0. The van der Waals surface area contributed by atoms with E-state index in [4.69, 9.17) is 0 Å². The molecule has 0 bridgehead atoms. The molecule has 113 valence electrons. The molecule has 3 atom stereocenters. The number of allylic oxidation sites excluding steroid dienone is 4. The van der Waals surface area contributed by atoms with E-state index in [1.54, 1.807) is 0 Å². The molecule has 0 nitrogen and oxygen atoms in total. The third-order valence-corrected chi connectivity index (χ3v) is 4.15. The summed E-state index contributed by atoms with van der Waals surface area (Å²) in [5.74, 6) is 1.40. The average molecular weight is 354 g/mol. The van der Waals surface area contributed by atoms with Crippen molar-refractivity contribution in [2.75, 3.05) is 0 Å². The predicted molar refractivity (Wildman–Crippen MR) is 83.5 cm³/mol. The first kappa shape index (κ1) is 22.5. The molecule has 0 saturated heterocycles. The minimum atomic E-state index is -0.416. The molecule has 0 heterocycles. The Labute approximate surface area is 150 Å². The van der Waals surface area contributed by atoms with Gasteiger partial charge in [0, 0.05) is 32.7 Å². The molecule has 2 heteroatoms. The van der Waals surface area contributed by atoms with Crippen molar-refractivity contribution in [1.29, 1.82) is 0 Å². The quantitative estimate of drug-likeness (QED) is 0.321. The van der Waals surface area contributed by atoms with E-state index in [1.807, 2.05) is 0 Å². The van der Waals surface area contributed by atoms with E-state index in [0.29, 0.717) is 5.92 Å². The Hall–Kier alpha value is 0.254. The smallest absolute Gasteiger partial charge is 0 e. The predicted octanol–water partition coefficient (Wildman–Crippen LogP) is 6.26. The molecule has 3 unspecified atom stereocenters. The van der Waals surface area contributed by atoms with E-state index in [9.17, 15) is 4.39 Å². The van der Waals surface area contributed by atoms with Gasteiger partial charge in [-0.1, -0.05) is 47.0 Å². The Morgan fingerprint density at radius 1 is 1.15 bits per heavy atom. The molecule has 0 aliphatic rings. The first-order valence-electron chi connectivity index (χ1n) is 7.51. The van der Waals surface area contributed by atoms with Crippen molar-refractivity contribution in [3.63, 3.8) is 0 Å². The van der Waals surface area contributed by atoms with Crippen LogP contribution in [0.4, 0.5) is 4.39 Å². The van der Waals surface area contributed by atoms with Gasteiger partial charge in [-0.15, -0.1) is 12.2 Å². The summed E-state index contributed by atoms with van der Waals surface area (Å²) in [5.41, 5.74) is 0.835. The van der Waals surface area contributed by atoms with Crippen LogP contribution in [0.2, 0.25) is 0 Å². The normalized spacial score (nSPS) is 15.9. The molecule has 1 radical (unpaired) electrons.